The van der Waals surface area contributed by atoms with Gasteiger partial charge in [-0.05, 0) is 19.3 Å². The SMILES string of the molecule is CCCn1cc(C(O)C2CCCOC2)cn1. The Hall–Kier alpha value is -0.870. The van der Waals surface area contributed by atoms with Crippen molar-refractivity contribution in [2.24, 2.45) is 5.92 Å². The molecular weight excluding hydrogens is 204 g/mol. The van der Waals surface area contributed by atoms with Gasteiger partial charge in [-0.3, -0.25) is 4.68 Å². The summed E-state index contributed by atoms with van der Waals surface area (Å²) in [5.74, 6) is 0.230. The standard InChI is InChI=1S/C12H20N2O2/c1-2-5-14-8-11(7-13-14)12(15)10-4-3-6-16-9-10/h7-8,10,12,15H,2-6,9H2,1H3. The maximum Gasteiger partial charge on any atom is 0.0870 e. The molecule has 2 unspecified atom stereocenters. The molecular formula is C12H20N2O2. The highest BCUT2D eigenvalue weighted by atomic mass is 16.5. The molecule has 0 saturated carbocycles. The normalized spacial score (nSPS) is 23.2. The predicted octanol–water partition coefficient (Wildman–Crippen LogP) is 1.75. The van der Waals surface area contributed by atoms with E-state index in [1.54, 1.807) is 6.20 Å². The molecule has 2 heterocycles. The second kappa shape index (κ2) is 5.46. The molecule has 0 bridgehead atoms. The minimum Gasteiger partial charge on any atom is -0.388 e. The molecule has 2 rings (SSSR count). The number of aliphatic hydroxyl groups is 1. The Bertz CT molecular complexity index is 319. The first kappa shape index (κ1) is 11.6. The van der Waals surface area contributed by atoms with Crippen LogP contribution in [0.4, 0.5) is 0 Å². The van der Waals surface area contributed by atoms with E-state index in [4.69, 9.17) is 4.74 Å². The Morgan fingerprint density at radius 1 is 1.69 bits per heavy atom. The van der Waals surface area contributed by atoms with Crippen LogP contribution in [0.25, 0.3) is 0 Å². The Kier molecular flexibility index (Phi) is 3.96. The minimum atomic E-state index is -0.425. The maximum atomic E-state index is 10.2. The number of ether oxygens (including phenoxy) is 1. The van der Waals surface area contributed by atoms with E-state index in [0.717, 1.165) is 38.0 Å². The average molecular weight is 224 g/mol. The second-order valence-electron chi connectivity index (χ2n) is 4.46. The zero-order valence-corrected chi connectivity index (χ0v) is 9.80. The quantitative estimate of drug-likeness (QED) is 0.847. The van der Waals surface area contributed by atoms with Crippen molar-refractivity contribution < 1.29 is 9.84 Å². The first-order valence-corrected chi connectivity index (χ1v) is 6.09. The summed E-state index contributed by atoms with van der Waals surface area (Å²) in [5.41, 5.74) is 0.920. The van der Waals surface area contributed by atoms with Gasteiger partial charge in [-0.2, -0.15) is 5.10 Å². The van der Waals surface area contributed by atoms with Crippen LogP contribution in [0.15, 0.2) is 12.4 Å². The summed E-state index contributed by atoms with van der Waals surface area (Å²) >= 11 is 0. The molecule has 0 amide bonds. The zero-order chi connectivity index (χ0) is 11.4. The lowest BCUT2D eigenvalue weighted by Gasteiger charge is -2.25. The van der Waals surface area contributed by atoms with Gasteiger partial charge in [-0.1, -0.05) is 6.92 Å². The van der Waals surface area contributed by atoms with E-state index in [-0.39, 0.29) is 5.92 Å². The molecule has 1 saturated heterocycles. The van der Waals surface area contributed by atoms with Crippen LogP contribution in [0.1, 0.15) is 37.9 Å². The molecule has 1 aromatic heterocycles. The molecule has 4 nitrogen and oxygen atoms in total. The van der Waals surface area contributed by atoms with E-state index < -0.39 is 6.10 Å². The molecule has 1 aliphatic heterocycles. The van der Waals surface area contributed by atoms with Crippen LogP contribution in [-0.4, -0.2) is 28.1 Å². The van der Waals surface area contributed by atoms with E-state index in [1.165, 1.54) is 0 Å². The number of aliphatic hydroxyl groups excluding tert-OH is 1. The highest BCUT2D eigenvalue weighted by molar-refractivity contribution is 5.09. The van der Waals surface area contributed by atoms with Crippen LogP contribution in [-0.2, 0) is 11.3 Å². The molecule has 2 atom stereocenters. The summed E-state index contributed by atoms with van der Waals surface area (Å²) in [7, 11) is 0. The van der Waals surface area contributed by atoms with Crippen molar-refractivity contribution in [2.75, 3.05) is 13.2 Å². The Morgan fingerprint density at radius 2 is 2.56 bits per heavy atom. The van der Waals surface area contributed by atoms with Gasteiger partial charge in [0.1, 0.15) is 0 Å². The van der Waals surface area contributed by atoms with E-state index in [1.807, 2.05) is 10.9 Å². The highest BCUT2D eigenvalue weighted by Gasteiger charge is 2.24. The molecule has 1 fully saturated rings. The lowest BCUT2D eigenvalue weighted by atomic mass is 9.93. The third-order valence-corrected chi connectivity index (χ3v) is 3.09. The monoisotopic (exact) mass is 224 g/mol. The molecule has 0 aliphatic carbocycles. The van der Waals surface area contributed by atoms with Gasteiger partial charge in [0.15, 0.2) is 0 Å². The summed E-state index contributed by atoms with van der Waals surface area (Å²) < 4.78 is 7.28. The average Bonchev–Trinajstić information content (AvgIpc) is 2.78. The topological polar surface area (TPSA) is 47.3 Å². The van der Waals surface area contributed by atoms with Gasteiger partial charge < -0.3 is 9.84 Å². The van der Waals surface area contributed by atoms with E-state index in [9.17, 15) is 5.11 Å². The maximum absolute atomic E-state index is 10.2. The molecule has 4 heteroatoms. The fraction of sp³-hybridized carbons (Fsp3) is 0.750. The minimum absolute atomic E-state index is 0.230. The van der Waals surface area contributed by atoms with Crippen LogP contribution in [0, 0.1) is 5.92 Å². The van der Waals surface area contributed by atoms with Crippen LogP contribution in [0.5, 0.6) is 0 Å². The molecule has 16 heavy (non-hydrogen) atoms. The van der Waals surface area contributed by atoms with Gasteiger partial charge in [-0.15, -0.1) is 0 Å². The van der Waals surface area contributed by atoms with Crippen LogP contribution < -0.4 is 0 Å². The van der Waals surface area contributed by atoms with Gasteiger partial charge in [0.25, 0.3) is 0 Å². The van der Waals surface area contributed by atoms with Crippen LogP contribution >= 0.6 is 0 Å². The van der Waals surface area contributed by atoms with Gasteiger partial charge >= 0.3 is 0 Å². The fourth-order valence-electron chi connectivity index (χ4n) is 2.17. The fourth-order valence-corrected chi connectivity index (χ4v) is 2.17. The highest BCUT2D eigenvalue weighted by Crippen LogP contribution is 2.28. The van der Waals surface area contributed by atoms with Crippen molar-refractivity contribution >= 4 is 0 Å². The number of rotatable bonds is 4. The number of aromatic nitrogens is 2. The number of hydrogen-bond acceptors (Lipinski definition) is 3. The molecule has 0 spiro atoms. The third-order valence-electron chi connectivity index (χ3n) is 3.09. The van der Waals surface area contributed by atoms with Crippen LogP contribution in [0.3, 0.4) is 0 Å². The molecule has 1 N–H and O–H groups in total. The second-order valence-corrected chi connectivity index (χ2v) is 4.46. The molecule has 1 aromatic rings. The molecule has 1 aliphatic rings. The largest absolute Gasteiger partial charge is 0.388 e. The Labute approximate surface area is 96.2 Å². The predicted molar refractivity (Wildman–Crippen MR) is 61.0 cm³/mol. The number of aryl methyl sites for hydroxylation is 1. The smallest absolute Gasteiger partial charge is 0.0870 e. The van der Waals surface area contributed by atoms with Gasteiger partial charge in [0.2, 0.25) is 0 Å². The van der Waals surface area contributed by atoms with E-state index >= 15 is 0 Å². The first-order chi connectivity index (χ1) is 7.81. The van der Waals surface area contributed by atoms with Crippen molar-refractivity contribution in [3.63, 3.8) is 0 Å². The summed E-state index contributed by atoms with van der Waals surface area (Å²) in [6.45, 7) is 4.53. The van der Waals surface area contributed by atoms with Gasteiger partial charge in [-0.25, -0.2) is 0 Å². The lowest BCUT2D eigenvalue weighted by molar-refractivity contribution is -0.00999. The van der Waals surface area contributed by atoms with Crippen molar-refractivity contribution in [3.05, 3.63) is 18.0 Å². The molecule has 0 aromatic carbocycles. The zero-order valence-electron chi connectivity index (χ0n) is 9.80. The van der Waals surface area contributed by atoms with Crippen LogP contribution in [0.2, 0.25) is 0 Å². The van der Waals surface area contributed by atoms with Gasteiger partial charge in [0, 0.05) is 30.8 Å². The molecule has 0 radical (unpaired) electrons. The summed E-state index contributed by atoms with van der Waals surface area (Å²) in [4.78, 5) is 0. The van der Waals surface area contributed by atoms with Crippen molar-refractivity contribution in [1.29, 1.82) is 0 Å². The Morgan fingerprint density at radius 3 is 3.25 bits per heavy atom. The summed E-state index contributed by atoms with van der Waals surface area (Å²) in [5, 5.41) is 14.4. The number of nitrogens with zero attached hydrogens (tertiary/aromatic N) is 2. The van der Waals surface area contributed by atoms with E-state index in [2.05, 4.69) is 12.0 Å². The van der Waals surface area contributed by atoms with Crippen molar-refractivity contribution in [1.82, 2.24) is 9.78 Å². The molecule has 90 valence electrons. The first-order valence-electron chi connectivity index (χ1n) is 6.09. The summed E-state index contributed by atoms with van der Waals surface area (Å²) in [6.07, 6.45) is 6.44. The lowest BCUT2D eigenvalue weighted by Crippen LogP contribution is -2.23. The third kappa shape index (κ3) is 2.62. The number of hydrogen-bond donors (Lipinski definition) is 1. The Balaban J connectivity index is 1.98. The van der Waals surface area contributed by atoms with E-state index in [0.29, 0.717) is 6.61 Å². The van der Waals surface area contributed by atoms with Gasteiger partial charge in [0.05, 0.1) is 18.9 Å². The van der Waals surface area contributed by atoms with Crippen molar-refractivity contribution in [2.45, 2.75) is 38.8 Å². The summed E-state index contributed by atoms with van der Waals surface area (Å²) in [6, 6.07) is 0. The van der Waals surface area contributed by atoms with Crippen molar-refractivity contribution in [3.8, 4) is 0 Å².